The molecule has 0 aliphatic heterocycles. The van der Waals surface area contributed by atoms with Crippen LogP contribution in [0.3, 0.4) is 0 Å². The third-order valence-corrected chi connectivity index (χ3v) is 3.68. The van der Waals surface area contributed by atoms with Crippen LogP contribution in [0.25, 0.3) is 0 Å². The lowest BCUT2D eigenvalue weighted by molar-refractivity contribution is 0.0617. The molecular weight excluding hydrogens is 328 g/mol. The fourth-order valence-corrected chi connectivity index (χ4v) is 2.29. The predicted molar refractivity (Wildman–Crippen MR) is 92.3 cm³/mol. The van der Waals surface area contributed by atoms with Gasteiger partial charge in [0.05, 0.1) is 6.54 Å². The van der Waals surface area contributed by atoms with E-state index < -0.39 is 12.2 Å². The van der Waals surface area contributed by atoms with Gasteiger partial charge in [-0.3, -0.25) is 4.57 Å². The maximum absolute atomic E-state index is 12.8. The molecule has 0 radical (unpaired) electrons. The van der Waals surface area contributed by atoms with Crippen LogP contribution in [-0.2, 0) is 12.1 Å². The lowest BCUT2D eigenvalue weighted by Crippen LogP contribution is -2.44. The highest BCUT2D eigenvalue weighted by Crippen LogP contribution is 2.19. The number of rotatable bonds is 7. The van der Waals surface area contributed by atoms with E-state index in [-0.39, 0.29) is 18.9 Å². The Hall–Kier alpha value is -2.48. The van der Waals surface area contributed by atoms with Gasteiger partial charge in [0.2, 0.25) is 0 Å². The van der Waals surface area contributed by atoms with Crippen molar-refractivity contribution in [3.8, 4) is 0 Å². The highest BCUT2D eigenvalue weighted by atomic mass is 19.3. The zero-order chi connectivity index (χ0) is 18.3. The number of halogens is 2. The fraction of sp³-hybridized carbons (Fsp3) is 0.412. The van der Waals surface area contributed by atoms with E-state index in [1.54, 1.807) is 6.92 Å². The molecule has 1 aromatic heterocycles. The molecule has 136 valence electrons. The van der Waals surface area contributed by atoms with E-state index >= 15 is 0 Å². The molecule has 0 saturated carbocycles. The largest absolute Gasteiger partial charge is 0.384 e. The molecule has 2 rings (SSSR count). The van der Waals surface area contributed by atoms with Crippen LogP contribution in [0.15, 0.2) is 47.7 Å². The number of aromatic nitrogens is 2. The van der Waals surface area contributed by atoms with Gasteiger partial charge in [-0.25, -0.2) is 9.98 Å². The van der Waals surface area contributed by atoms with Crippen LogP contribution >= 0.6 is 0 Å². The summed E-state index contributed by atoms with van der Waals surface area (Å²) >= 11 is 0. The summed E-state index contributed by atoms with van der Waals surface area (Å²) in [4.78, 5) is 8.16. The Kier molecular flexibility index (Phi) is 6.46. The van der Waals surface area contributed by atoms with E-state index in [0.29, 0.717) is 12.5 Å². The predicted octanol–water partition coefficient (Wildman–Crippen LogP) is 2.24. The molecule has 0 aliphatic rings. The third-order valence-electron chi connectivity index (χ3n) is 3.68. The summed E-state index contributed by atoms with van der Waals surface area (Å²) in [6.45, 7) is 1.76. The molecule has 2 aromatic rings. The van der Waals surface area contributed by atoms with Gasteiger partial charge in [-0.05, 0) is 19.4 Å². The van der Waals surface area contributed by atoms with E-state index in [9.17, 15) is 13.9 Å². The lowest BCUT2D eigenvalue weighted by Gasteiger charge is -2.25. The molecular formula is C17H23F2N5O. The Morgan fingerprint density at radius 2 is 2.04 bits per heavy atom. The van der Waals surface area contributed by atoms with Crippen molar-refractivity contribution in [2.45, 2.75) is 32.5 Å². The molecule has 6 nitrogen and oxygen atoms in total. The van der Waals surface area contributed by atoms with E-state index in [2.05, 4.69) is 20.6 Å². The molecule has 1 heterocycles. The molecule has 8 heteroatoms. The van der Waals surface area contributed by atoms with Gasteiger partial charge in [0.25, 0.3) is 0 Å². The summed E-state index contributed by atoms with van der Waals surface area (Å²) in [7, 11) is 0. The maximum Gasteiger partial charge on any atom is 0.319 e. The van der Waals surface area contributed by atoms with Gasteiger partial charge in [-0.15, -0.1) is 0 Å². The standard InChI is InChI=1S/C17H23F2N5O/c1-3-20-16(22-11-14-21-9-10-24(14)15(18)19)23-12-17(2,25)13-7-5-4-6-8-13/h4-10,15,25H,3,11-12H2,1-2H3,(H2,20,22,23). The van der Waals surface area contributed by atoms with E-state index in [1.807, 2.05) is 37.3 Å². The summed E-state index contributed by atoms with van der Waals surface area (Å²) < 4.78 is 26.4. The molecule has 3 N–H and O–H groups in total. The number of aliphatic hydroxyl groups is 1. The summed E-state index contributed by atoms with van der Waals surface area (Å²) in [6, 6.07) is 9.26. The second kappa shape index (κ2) is 8.57. The van der Waals surface area contributed by atoms with Gasteiger partial charge >= 0.3 is 6.55 Å². The number of hydrogen-bond acceptors (Lipinski definition) is 3. The highest BCUT2D eigenvalue weighted by molar-refractivity contribution is 5.79. The average Bonchev–Trinajstić information content (AvgIpc) is 3.07. The molecule has 0 aliphatic carbocycles. The number of nitrogens with one attached hydrogen (secondary N) is 2. The van der Waals surface area contributed by atoms with Gasteiger partial charge in [0.1, 0.15) is 18.0 Å². The third kappa shape index (κ3) is 5.25. The normalized spacial score (nSPS) is 14.4. The van der Waals surface area contributed by atoms with Crippen molar-refractivity contribution in [1.82, 2.24) is 20.2 Å². The molecule has 1 unspecified atom stereocenters. The molecule has 1 atom stereocenters. The first-order chi connectivity index (χ1) is 11.9. The Morgan fingerprint density at radius 1 is 1.32 bits per heavy atom. The van der Waals surface area contributed by atoms with Crippen molar-refractivity contribution in [2.75, 3.05) is 13.1 Å². The maximum atomic E-state index is 12.8. The molecule has 0 bridgehead atoms. The average molecular weight is 351 g/mol. The van der Waals surface area contributed by atoms with Crippen LogP contribution in [0, 0.1) is 0 Å². The fourth-order valence-electron chi connectivity index (χ4n) is 2.29. The van der Waals surface area contributed by atoms with Crippen LogP contribution in [0.1, 0.15) is 31.8 Å². The Labute approximate surface area is 145 Å². The lowest BCUT2D eigenvalue weighted by atomic mass is 9.96. The van der Waals surface area contributed by atoms with Gasteiger partial charge in [-0.2, -0.15) is 8.78 Å². The van der Waals surface area contributed by atoms with Crippen LogP contribution in [0.5, 0.6) is 0 Å². The Bertz CT molecular complexity index is 685. The van der Waals surface area contributed by atoms with Gasteiger partial charge in [0, 0.05) is 18.9 Å². The minimum absolute atomic E-state index is 0.000152. The van der Waals surface area contributed by atoms with Crippen molar-refractivity contribution < 1.29 is 13.9 Å². The molecule has 0 spiro atoms. The summed E-state index contributed by atoms with van der Waals surface area (Å²) in [5.74, 6) is 0.588. The number of aliphatic imine (C=N–C) groups is 1. The van der Waals surface area contributed by atoms with Gasteiger partial charge in [0.15, 0.2) is 5.96 Å². The molecule has 25 heavy (non-hydrogen) atoms. The number of alkyl halides is 2. The van der Waals surface area contributed by atoms with Gasteiger partial charge in [-0.1, -0.05) is 30.3 Å². The smallest absolute Gasteiger partial charge is 0.319 e. The Morgan fingerprint density at radius 3 is 2.68 bits per heavy atom. The van der Waals surface area contributed by atoms with Crippen molar-refractivity contribution in [3.05, 3.63) is 54.1 Å². The van der Waals surface area contributed by atoms with Gasteiger partial charge < -0.3 is 15.7 Å². The number of imidazole rings is 1. The topological polar surface area (TPSA) is 74.5 Å². The molecule has 0 fully saturated rings. The van der Waals surface area contributed by atoms with Crippen LogP contribution in [0.2, 0.25) is 0 Å². The van der Waals surface area contributed by atoms with Crippen LogP contribution in [0.4, 0.5) is 8.78 Å². The van der Waals surface area contributed by atoms with E-state index in [4.69, 9.17) is 0 Å². The SMILES string of the molecule is CCNC(=NCc1nccn1C(F)F)NCC(C)(O)c1ccccc1. The van der Waals surface area contributed by atoms with Crippen molar-refractivity contribution in [2.24, 2.45) is 4.99 Å². The first-order valence-corrected chi connectivity index (χ1v) is 8.04. The van der Waals surface area contributed by atoms with Crippen molar-refractivity contribution in [1.29, 1.82) is 0 Å². The summed E-state index contributed by atoms with van der Waals surface area (Å²) in [6.07, 6.45) is 2.54. The zero-order valence-electron chi connectivity index (χ0n) is 14.3. The Balaban J connectivity index is 2.04. The number of benzene rings is 1. The minimum Gasteiger partial charge on any atom is -0.384 e. The molecule has 1 aromatic carbocycles. The number of guanidine groups is 1. The number of hydrogen-bond donors (Lipinski definition) is 3. The molecule has 0 amide bonds. The number of nitrogens with zero attached hydrogens (tertiary/aromatic N) is 3. The second-order valence-corrected chi connectivity index (χ2v) is 5.72. The first kappa shape index (κ1) is 18.9. The summed E-state index contributed by atoms with van der Waals surface area (Å²) in [5, 5.41) is 16.7. The van der Waals surface area contributed by atoms with Crippen LogP contribution < -0.4 is 10.6 Å². The van der Waals surface area contributed by atoms with Crippen molar-refractivity contribution in [3.63, 3.8) is 0 Å². The van der Waals surface area contributed by atoms with E-state index in [1.165, 1.54) is 12.4 Å². The quantitative estimate of drug-likeness (QED) is 0.528. The molecule has 0 saturated heterocycles. The van der Waals surface area contributed by atoms with Crippen LogP contribution in [-0.4, -0.2) is 33.7 Å². The first-order valence-electron chi connectivity index (χ1n) is 8.04. The highest BCUT2D eigenvalue weighted by Gasteiger charge is 2.23. The zero-order valence-corrected chi connectivity index (χ0v) is 14.3. The van der Waals surface area contributed by atoms with E-state index in [0.717, 1.165) is 10.1 Å². The van der Waals surface area contributed by atoms with Crippen molar-refractivity contribution >= 4 is 5.96 Å². The monoisotopic (exact) mass is 351 g/mol. The second-order valence-electron chi connectivity index (χ2n) is 5.72. The summed E-state index contributed by atoms with van der Waals surface area (Å²) in [5.41, 5.74) is -0.328. The minimum atomic E-state index is -2.65.